The summed E-state index contributed by atoms with van der Waals surface area (Å²) >= 11 is 6.24. The Balaban J connectivity index is 1.53. The van der Waals surface area contributed by atoms with Crippen LogP contribution in [0.15, 0.2) is 54.7 Å². The number of pyridine rings is 1. The summed E-state index contributed by atoms with van der Waals surface area (Å²) < 4.78 is 0. The topological polar surface area (TPSA) is 93.1 Å². The van der Waals surface area contributed by atoms with Gasteiger partial charge in [-0.1, -0.05) is 23.7 Å². The van der Waals surface area contributed by atoms with E-state index in [0.29, 0.717) is 36.3 Å². The molecule has 1 unspecified atom stereocenters. The van der Waals surface area contributed by atoms with Crippen molar-refractivity contribution in [3.63, 3.8) is 0 Å². The van der Waals surface area contributed by atoms with Gasteiger partial charge in [0.25, 0.3) is 5.91 Å². The van der Waals surface area contributed by atoms with Crippen LogP contribution < -0.4 is 4.90 Å². The fourth-order valence-corrected chi connectivity index (χ4v) is 4.76. The van der Waals surface area contributed by atoms with Crippen molar-refractivity contribution in [1.29, 1.82) is 5.26 Å². The SMILES string of the molecule is N#Cc1ccc(CC23CCCN2C(=O)N(c2cc(Cl)nc(-c4ccc[nH]4)c2)C3=O)cc1. The van der Waals surface area contributed by atoms with E-state index in [4.69, 9.17) is 16.9 Å². The molecule has 2 aliphatic heterocycles. The Morgan fingerprint density at radius 1 is 1.19 bits per heavy atom. The molecule has 1 atom stereocenters. The van der Waals surface area contributed by atoms with Crippen molar-refractivity contribution in [2.75, 3.05) is 11.4 Å². The third kappa shape index (κ3) is 3.07. The first-order valence-electron chi connectivity index (χ1n) is 9.98. The summed E-state index contributed by atoms with van der Waals surface area (Å²) in [7, 11) is 0. The highest BCUT2D eigenvalue weighted by atomic mass is 35.5. The number of halogens is 1. The molecule has 1 N–H and O–H groups in total. The lowest BCUT2D eigenvalue weighted by molar-refractivity contribution is -0.123. The Bertz CT molecular complexity index is 1220. The van der Waals surface area contributed by atoms with Crippen LogP contribution in [-0.2, 0) is 11.2 Å². The Kier molecular flexibility index (Phi) is 4.53. The average molecular weight is 432 g/mol. The number of hydrogen-bond acceptors (Lipinski definition) is 4. The molecule has 8 heteroatoms. The number of benzene rings is 1. The molecule has 2 saturated heterocycles. The number of carbonyl (C=O) groups excluding carboxylic acids is 2. The lowest BCUT2D eigenvalue weighted by Gasteiger charge is -2.28. The molecule has 0 spiro atoms. The van der Waals surface area contributed by atoms with Crippen molar-refractivity contribution in [2.45, 2.75) is 24.8 Å². The summed E-state index contributed by atoms with van der Waals surface area (Å²) in [5.41, 5.74) is 2.26. The smallest absolute Gasteiger partial charge is 0.332 e. The second-order valence-corrected chi connectivity index (χ2v) is 8.20. The number of imide groups is 1. The van der Waals surface area contributed by atoms with Crippen LogP contribution >= 0.6 is 11.6 Å². The van der Waals surface area contributed by atoms with Crippen LogP contribution in [0.3, 0.4) is 0 Å². The number of aromatic nitrogens is 2. The second-order valence-electron chi connectivity index (χ2n) is 7.81. The zero-order valence-electron chi connectivity index (χ0n) is 16.5. The fraction of sp³-hybridized carbons (Fsp3) is 0.217. The normalized spacial score (nSPS) is 20.3. The van der Waals surface area contributed by atoms with Crippen LogP contribution in [0.2, 0.25) is 5.15 Å². The first kappa shape index (κ1) is 19.3. The van der Waals surface area contributed by atoms with Gasteiger partial charge in [-0.05, 0) is 54.8 Å². The van der Waals surface area contributed by atoms with Crippen LogP contribution in [0, 0.1) is 11.3 Å². The molecular formula is C23H18ClN5O2. The summed E-state index contributed by atoms with van der Waals surface area (Å²) in [6.45, 7) is 0.527. The van der Waals surface area contributed by atoms with E-state index < -0.39 is 5.54 Å². The molecule has 0 aliphatic carbocycles. The average Bonchev–Trinajstić information content (AvgIpc) is 3.48. The summed E-state index contributed by atoms with van der Waals surface area (Å²) in [5, 5.41) is 9.24. The number of nitrogens with one attached hydrogen (secondary N) is 1. The number of urea groups is 1. The number of anilines is 1. The van der Waals surface area contributed by atoms with Crippen molar-refractivity contribution in [1.82, 2.24) is 14.9 Å². The molecule has 3 amide bonds. The molecule has 2 aromatic heterocycles. The van der Waals surface area contributed by atoms with E-state index in [1.165, 1.54) is 4.90 Å². The van der Waals surface area contributed by atoms with Crippen LogP contribution in [0.25, 0.3) is 11.4 Å². The third-order valence-electron chi connectivity index (χ3n) is 6.00. The van der Waals surface area contributed by atoms with Gasteiger partial charge in [0.2, 0.25) is 0 Å². The highest BCUT2D eigenvalue weighted by Crippen LogP contribution is 2.42. The molecule has 31 heavy (non-hydrogen) atoms. The molecule has 0 saturated carbocycles. The molecule has 7 nitrogen and oxygen atoms in total. The molecule has 2 fully saturated rings. The summed E-state index contributed by atoms with van der Waals surface area (Å²) in [4.78, 5) is 37.3. The molecule has 4 heterocycles. The summed E-state index contributed by atoms with van der Waals surface area (Å²) in [6, 6.07) is 15.8. The molecule has 5 rings (SSSR count). The Hall–Kier alpha value is -3.63. The lowest BCUT2D eigenvalue weighted by Crippen LogP contribution is -2.47. The van der Waals surface area contributed by atoms with Crippen LogP contribution in [0.5, 0.6) is 0 Å². The maximum Gasteiger partial charge on any atom is 0.332 e. The number of rotatable bonds is 4. The van der Waals surface area contributed by atoms with Gasteiger partial charge in [-0.15, -0.1) is 0 Å². The number of nitrogens with zero attached hydrogens (tertiary/aromatic N) is 4. The van der Waals surface area contributed by atoms with E-state index in [1.807, 2.05) is 24.3 Å². The standard InChI is InChI=1S/C23H18ClN5O2/c24-20-12-17(11-19(27-20)18-3-1-9-26-18)29-21(30)23(8-2-10-28(23)22(29)31)13-15-4-6-16(14-25)7-5-15/h1,3-7,9,11-12,26H,2,8,10,13H2. The van der Waals surface area contributed by atoms with Crippen LogP contribution in [-0.4, -0.2) is 38.9 Å². The van der Waals surface area contributed by atoms with Crippen molar-refractivity contribution >= 4 is 29.2 Å². The lowest BCUT2D eigenvalue weighted by atomic mass is 9.87. The van der Waals surface area contributed by atoms with E-state index in [0.717, 1.165) is 17.7 Å². The monoisotopic (exact) mass is 431 g/mol. The minimum Gasteiger partial charge on any atom is -0.360 e. The number of carbonyl (C=O) groups is 2. The predicted molar refractivity (Wildman–Crippen MR) is 115 cm³/mol. The maximum absolute atomic E-state index is 13.7. The Morgan fingerprint density at radius 3 is 2.71 bits per heavy atom. The van der Waals surface area contributed by atoms with Gasteiger partial charge in [0.15, 0.2) is 0 Å². The number of H-pyrrole nitrogens is 1. The quantitative estimate of drug-likeness (QED) is 0.496. The highest BCUT2D eigenvalue weighted by molar-refractivity contribution is 6.30. The summed E-state index contributed by atoms with van der Waals surface area (Å²) in [5.74, 6) is -0.251. The second kappa shape index (κ2) is 7.25. The fourth-order valence-electron chi connectivity index (χ4n) is 4.56. The zero-order valence-corrected chi connectivity index (χ0v) is 17.3. The molecule has 154 valence electrons. The van der Waals surface area contributed by atoms with Gasteiger partial charge >= 0.3 is 6.03 Å². The van der Waals surface area contributed by atoms with Gasteiger partial charge in [0.05, 0.1) is 28.7 Å². The van der Waals surface area contributed by atoms with E-state index in [1.54, 1.807) is 35.4 Å². The van der Waals surface area contributed by atoms with Crippen LogP contribution in [0.1, 0.15) is 24.0 Å². The van der Waals surface area contributed by atoms with Gasteiger partial charge in [0, 0.05) is 19.2 Å². The van der Waals surface area contributed by atoms with Gasteiger partial charge in [0.1, 0.15) is 10.7 Å². The summed E-state index contributed by atoms with van der Waals surface area (Å²) in [6.07, 6.45) is 3.54. The zero-order chi connectivity index (χ0) is 21.6. The van der Waals surface area contributed by atoms with E-state index >= 15 is 0 Å². The predicted octanol–water partition coefficient (Wildman–Crippen LogP) is 4.15. The van der Waals surface area contributed by atoms with E-state index in [-0.39, 0.29) is 17.1 Å². The molecule has 1 aromatic carbocycles. The Labute approximate surface area is 183 Å². The van der Waals surface area contributed by atoms with Gasteiger partial charge in [-0.3, -0.25) is 4.79 Å². The number of aromatic amines is 1. The number of hydrogen-bond donors (Lipinski definition) is 1. The largest absolute Gasteiger partial charge is 0.360 e. The number of nitriles is 1. The van der Waals surface area contributed by atoms with E-state index in [9.17, 15) is 9.59 Å². The first-order valence-corrected chi connectivity index (χ1v) is 10.4. The van der Waals surface area contributed by atoms with Crippen LogP contribution in [0.4, 0.5) is 10.5 Å². The third-order valence-corrected chi connectivity index (χ3v) is 6.20. The first-order chi connectivity index (χ1) is 15.0. The molecule has 3 aromatic rings. The number of fused-ring (bicyclic) bond motifs is 1. The van der Waals surface area contributed by atoms with Crippen molar-refractivity contribution < 1.29 is 9.59 Å². The molecule has 2 aliphatic rings. The Morgan fingerprint density at radius 2 is 2.00 bits per heavy atom. The highest BCUT2D eigenvalue weighted by Gasteiger charge is 2.59. The van der Waals surface area contributed by atoms with Crippen molar-refractivity contribution in [2.24, 2.45) is 0 Å². The molecule has 0 bridgehead atoms. The van der Waals surface area contributed by atoms with Crippen molar-refractivity contribution in [3.8, 4) is 17.5 Å². The van der Waals surface area contributed by atoms with Gasteiger partial charge in [-0.25, -0.2) is 14.7 Å². The van der Waals surface area contributed by atoms with Gasteiger partial charge < -0.3 is 9.88 Å². The molecule has 0 radical (unpaired) electrons. The van der Waals surface area contributed by atoms with Crippen molar-refractivity contribution in [3.05, 3.63) is 71.0 Å². The molecular weight excluding hydrogens is 414 g/mol. The minimum absolute atomic E-state index is 0.205. The number of amides is 3. The minimum atomic E-state index is -0.923. The maximum atomic E-state index is 13.7. The van der Waals surface area contributed by atoms with Gasteiger partial charge in [-0.2, -0.15) is 5.26 Å². The van der Waals surface area contributed by atoms with E-state index in [2.05, 4.69) is 16.0 Å².